The van der Waals surface area contributed by atoms with Gasteiger partial charge in [0.2, 0.25) is 11.6 Å². The molecule has 6 rings (SSSR count). The van der Waals surface area contributed by atoms with Gasteiger partial charge in [0.25, 0.3) is 0 Å². The van der Waals surface area contributed by atoms with Gasteiger partial charge in [-0.15, -0.1) is 0 Å². The van der Waals surface area contributed by atoms with Crippen molar-refractivity contribution in [1.82, 2.24) is 0 Å². The molecule has 4 nitrogen and oxygen atoms in total. The van der Waals surface area contributed by atoms with E-state index in [0.717, 1.165) is 77.5 Å². The second-order valence-corrected chi connectivity index (χ2v) is 9.33. The smallest absolute Gasteiger partial charge is 0.233 e. The van der Waals surface area contributed by atoms with E-state index in [0.29, 0.717) is 11.1 Å². The van der Waals surface area contributed by atoms with Crippen LogP contribution in [0.25, 0.3) is 0 Å². The Hall–Kier alpha value is -2.62. The van der Waals surface area contributed by atoms with Gasteiger partial charge in [-0.2, -0.15) is 0 Å². The number of aryl methyl sites for hydroxylation is 4. The maximum absolute atomic E-state index is 13.3. The second-order valence-electron chi connectivity index (χ2n) is 9.33. The van der Waals surface area contributed by atoms with E-state index in [1.165, 1.54) is 33.6 Å². The van der Waals surface area contributed by atoms with Gasteiger partial charge in [-0.25, -0.2) is 0 Å². The number of Topliss-reactive ketones (excluding diaryl/α,β-unsaturated/α-hetero) is 2. The number of nitrogens with zero attached hydrogens (tertiary/aromatic N) is 2. The number of carbonyl (C=O) groups excluding carboxylic acids is 2. The summed E-state index contributed by atoms with van der Waals surface area (Å²) in [4.78, 5) is 31.5. The zero-order valence-corrected chi connectivity index (χ0v) is 17.5. The highest BCUT2D eigenvalue weighted by Gasteiger charge is 2.29. The van der Waals surface area contributed by atoms with Crippen molar-refractivity contribution in [2.24, 2.45) is 0 Å². The number of ketones is 2. The van der Waals surface area contributed by atoms with Crippen LogP contribution in [-0.2, 0) is 25.7 Å². The molecule has 0 saturated heterocycles. The Kier molecular flexibility index (Phi) is 4.22. The Morgan fingerprint density at radius 1 is 0.533 bits per heavy atom. The molecule has 4 heterocycles. The van der Waals surface area contributed by atoms with E-state index in [2.05, 4.69) is 9.80 Å². The Balaban J connectivity index is 1.37. The summed E-state index contributed by atoms with van der Waals surface area (Å²) in [5.41, 5.74) is 8.88. The third-order valence-corrected chi connectivity index (χ3v) is 7.40. The van der Waals surface area contributed by atoms with Crippen LogP contribution in [0.3, 0.4) is 0 Å². The topological polar surface area (TPSA) is 40.6 Å². The molecule has 2 aromatic rings. The van der Waals surface area contributed by atoms with Crippen molar-refractivity contribution in [3.63, 3.8) is 0 Å². The van der Waals surface area contributed by atoms with Gasteiger partial charge in [-0.3, -0.25) is 9.59 Å². The summed E-state index contributed by atoms with van der Waals surface area (Å²) in [5, 5.41) is 0. The van der Waals surface area contributed by atoms with E-state index < -0.39 is 0 Å². The first-order valence-corrected chi connectivity index (χ1v) is 11.6. The lowest BCUT2D eigenvalue weighted by atomic mass is 9.86. The van der Waals surface area contributed by atoms with Gasteiger partial charge >= 0.3 is 0 Å². The Morgan fingerprint density at radius 2 is 0.833 bits per heavy atom. The standard InChI is InChI=1S/C26H28N2O2/c29-25(21-13-17-5-1-9-27-10-2-6-18(14-21)23(17)27)26(30)22-15-19-7-3-11-28-12-4-8-20(16-22)24(19)28/h13-16H,1-12H2. The average Bonchev–Trinajstić information content (AvgIpc) is 2.78. The lowest BCUT2D eigenvalue weighted by molar-refractivity contribution is 0.0816. The van der Waals surface area contributed by atoms with Crippen molar-refractivity contribution in [3.8, 4) is 0 Å². The second kappa shape index (κ2) is 6.97. The lowest BCUT2D eigenvalue weighted by Gasteiger charge is -2.37. The van der Waals surface area contributed by atoms with E-state index in [4.69, 9.17) is 0 Å². The number of carbonyl (C=O) groups is 2. The molecule has 30 heavy (non-hydrogen) atoms. The molecule has 0 amide bonds. The number of hydrogen-bond donors (Lipinski definition) is 0. The summed E-state index contributed by atoms with van der Waals surface area (Å²) in [6.45, 7) is 4.45. The highest BCUT2D eigenvalue weighted by Crippen LogP contribution is 2.38. The molecule has 4 heteroatoms. The molecule has 0 fully saturated rings. The van der Waals surface area contributed by atoms with Gasteiger partial charge in [-0.1, -0.05) is 0 Å². The molecular formula is C26H28N2O2. The maximum Gasteiger partial charge on any atom is 0.233 e. The molecule has 0 unspecified atom stereocenters. The normalized spacial score (nSPS) is 19.2. The van der Waals surface area contributed by atoms with Crippen LogP contribution in [0, 0.1) is 0 Å². The van der Waals surface area contributed by atoms with Crippen LogP contribution in [0.4, 0.5) is 11.4 Å². The van der Waals surface area contributed by atoms with Crippen molar-refractivity contribution in [1.29, 1.82) is 0 Å². The van der Waals surface area contributed by atoms with Crippen LogP contribution >= 0.6 is 0 Å². The molecule has 0 atom stereocenters. The number of anilines is 2. The fourth-order valence-electron chi connectivity index (χ4n) is 6.13. The summed E-state index contributed by atoms with van der Waals surface area (Å²) < 4.78 is 0. The summed E-state index contributed by atoms with van der Waals surface area (Å²) in [5.74, 6) is -0.681. The molecule has 0 radical (unpaired) electrons. The molecule has 0 aliphatic carbocycles. The number of rotatable bonds is 3. The molecule has 0 bridgehead atoms. The molecule has 154 valence electrons. The Labute approximate surface area is 177 Å². The molecule has 0 spiro atoms. The monoisotopic (exact) mass is 400 g/mol. The quantitative estimate of drug-likeness (QED) is 0.573. The largest absolute Gasteiger partial charge is 0.371 e. The van der Waals surface area contributed by atoms with Gasteiger partial charge in [0, 0.05) is 48.7 Å². The highest BCUT2D eigenvalue weighted by molar-refractivity contribution is 6.49. The fourth-order valence-corrected chi connectivity index (χ4v) is 6.13. The van der Waals surface area contributed by atoms with Crippen LogP contribution in [-0.4, -0.2) is 37.7 Å². The minimum Gasteiger partial charge on any atom is -0.371 e. The zero-order valence-electron chi connectivity index (χ0n) is 17.5. The van der Waals surface area contributed by atoms with Crippen LogP contribution in [0.15, 0.2) is 24.3 Å². The van der Waals surface area contributed by atoms with E-state index in [1.807, 2.05) is 24.3 Å². The first-order valence-electron chi connectivity index (χ1n) is 11.6. The SMILES string of the molecule is O=C(C(=O)c1cc2c3c(c1)CCCN3CCC2)c1cc2c3c(c1)CCCN3CCC2. The van der Waals surface area contributed by atoms with Crippen molar-refractivity contribution < 1.29 is 9.59 Å². The number of hydrogen-bond acceptors (Lipinski definition) is 4. The van der Waals surface area contributed by atoms with E-state index in [9.17, 15) is 9.59 Å². The maximum atomic E-state index is 13.3. The van der Waals surface area contributed by atoms with Gasteiger partial charge in [-0.05, 0) is 97.9 Å². The molecule has 0 N–H and O–H groups in total. The van der Waals surface area contributed by atoms with Crippen molar-refractivity contribution in [3.05, 3.63) is 57.6 Å². The van der Waals surface area contributed by atoms with Crippen LogP contribution in [0.1, 0.15) is 68.7 Å². The van der Waals surface area contributed by atoms with Gasteiger partial charge in [0.05, 0.1) is 0 Å². The van der Waals surface area contributed by atoms with Gasteiger partial charge in [0.15, 0.2) is 0 Å². The Bertz CT molecular complexity index is 923. The molecule has 0 saturated carbocycles. The minimum absolute atomic E-state index is 0.340. The third kappa shape index (κ3) is 2.80. The summed E-state index contributed by atoms with van der Waals surface area (Å²) in [6, 6.07) is 8.00. The summed E-state index contributed by atoms with van der Waals surface area (Å²) >= 11 is 0. The first kappa shape index (κ1) is 18.2. The predicted octanol–water partition coefficient (Wildman–Crippen LogP) is 4.15. The third-order valence-electron chi connectivity index (χ3n) is 7.40. The molecule has 2 aromatic carbocycles. The Morgan fingerprint density at radius 3 is 1.13 bits per heavy atom. The van der Waals surface area contributed by atoms with Gasteiger partial charge < -0.3 is 9.80 Å². The van der Waals surface area contributed by atoms with Gasteiger partial charge in [0.1, 0.15) is 0 Å². The van der Waals surface area contributed by atoms with Crippen LogP contribution < -0.4 is 9.80 Å². The first-order chi connectivity index (χ1) is 14.7. The van der Waals surface area contributed by atoms with E-state index in [-0.39, 0.29) is 11.6 Å². The van der Waals surface area contributed by atoms with Crippen LogP contribution in [0.5, 0.6) is 0 Å². The van der Waals surface area contributed by atoms with E-state index in [1.54, 1.807) is 0 Å². The summed E-state index contributed by atoms with van der Waals surface area (Å²) in [6.07, 6.45) is 8.54. The molecule has 4 aliphatic rings. The van der Waals surface area contributed by atoms with E-state index >= 15 is 0 Å². The van der Waals surface area contributed by atoms with Crippen molar-refractivity contribution in [2.45, 2.75) is 51.4 Å². The molecule has 0 aromatic heterocycles. The summed E-state index contributed by atoms with van der Waals surface area (Å²) in [7, 11) is 0. The zero-order chi connectivity index (χ0) is 20.2. The highest BCUT2D eigenvalue weighted by atomic mass is 16.2. The minimum atomic E-state index is -0.340. The predicted molar refractivity (Wildman–Crippen MR) is 119 cm³/mol. The average molecular weight is 401 g/mol. The molecular weight excluding hydrogens is 372 g/mol. The lowest BCUT2D eigenvalue weighted by Crippen LogP contribution is -2.35. The fraction of sp³-hybridized carbons (Fsp3) is 0.462. The number of benzene rings is 2. The molecule has 4 aliphatic heterocycles. The van der Waals surface area contributed by atoms with Crippen LogP contribution in [0.2, 0.25) is 0 Å². The van der Waals surface area contributed by atoms with Crippen molar-refractivity contribution in [2.75, 3.05) is 36.0 Å². The van der Waals surface area contributed by atoms with Crippen molar-refractivity contribution >= 4 is 22.9 Å².